The lowest BCUT2D eigenvalue weighted by Crippen LogP contribution is -2.23. The Morgan fingerprint density at radius 2 is 2.35 bits per heavy atom. The Balaban J connectivity index is 2.56. The quantitative estimate of drug-likeness (QED) is 0.816. The number of nitrogens with one attached hydrogen (secondary N) is 1. The van der Waals surface area contributed by atoms with Crippen molar-refractivity contribution in [2.45, 2.75) is 20.4 Å². The summed E-state index contributed by atoms with van der Waals surface area (Å²) >= 11 is 0. The number of anilines is 1. The number of nitrogens with zero attached hydrogens (tertiary/aromatic N) is 3. The van der Waals surface area contributed by atoms with Gasteiger partial charge in [0.05, 0.1) is 17.7 Å². The summed E-state index contributed by atoms with van der Waals surface area (Å²) in [5, 5.41) is 12.0. The molecule has 1 aromatic rings. The van der Waals surface area contributed by atoms with Crippen LogP contribution in [0.5, 0.6) is 0 Å². The molecule has 0 aliphatic rings. The molecule has 1 rings (SSSR count). The van der Waals surface area contributed by atoms with E-state index in [0.717, 1.165) is 31.0 Å². The van der Waals surface area contributed by atoms with Gasteiger partial charge in [-0.15, -0.1) is 0 Å². The van der Waals surface area contributed by atoms with Gasteiger partial charge in [-0.1, -0.05) is 0 Å². The van der Waals surface area contributed by atoms with Crippen molar-refractivity contribution in [2.24, 2.45) is 5.92 Å². The van der Waals surface area contributed by atoms with Crippen LogP contribution in [0.25, 0.3) is 0 Å². The molecule has 1 aromatic heterocycles. The van der Waals surface area contributed by atoms with Gasteiger partial charge in [-0.05, 0) is 33.0 Å². The van der Waals surface area contributed by atoms with E-state index in [2.05, 4.69) is 34.3 Å². The first-order valence-electron chi connectivity index (χ1n) is 5.92. The van der Waals surface area contributed by atoms with Crippen molar-refractivity contribution in [3.8, 4) is 6.07 Å². The molecular formula is C13H20N4. The molecule has 0 radical (unpaired) electrons. The average molecular weight is 232 g/mol. The van der Waals surface area contributed by atoms with E-state index in [1.165, 1.54) is 0 Å². The molecule has 92 valence electrons. The highest BCUT2D eigenvalue weighted by Crippen LogP contribution is 2.09. The zero-order valence-corrected chi connectivity index (χ0v) is 10.8. The van der Waals surface area contributed by atoms with Gasteiger partial charge in [0, 0.05) is 31.5 Å². The fourth-order valence-corrected chi connectivity index (χ4v) is 1.73. The van der Waals surface area contributed by atoms with E-state index in [0.29, 0.717) is 0 Å². The molecule has 0 saturated heterocycles. The first-order valence-corrected chi connectivity index (χ1v) is 5.92. The van der Waals surface area contributed by atoms with Crippen LogP contribution >= 0.6 is 0 Å². The fraction of sp³-hybridized carbons (Fsp3) is 0.538. The number of rotatable bonds is 6. The maximum absolute atomic E-state index is 8.76. The van der Waals surface area contributed by atoms with Crippen LogP contribution in [0.2, 0.25) is 0 Å². The van der Waals surface area contributed by atoms with Gasteiger partial charge in [0.15, 0.2) is 0 Å². The van der Waals surface area contributed by atoms with E-state index < -0.39 is 0 Å². The van der Waals surface area contributed by atoms with Gasteiger partial charge in [0.25, 0.3) is 0 Å². The molecule has 17 heavy (non-hydrogen) atoms. The van der Waals surface area contributed by atoms with E-state index in [1.807, 2.05) is 26.2 Å². The minimum atomic E-state index is 0.0527. The summed E-state index contributed by atoms with van der Waals surface area (Å²) in [6.07, 6.45) is 1.81. The molecule has 1 atom stereocenters. The van der Waals surface area contributed by atoms with Gasteiger partial charge in [0.1, 0.15) is 0 Å². The maximum Gasteiger partial charge on any atom is 0.0666 e. The van der Waals surface area contributed by atoms with Crippen LogP contribution in [-0.4, -0.2) is 30.0 Å². The second-order valence-corrected chi connectivity index (χ2v) is 4.29. The van der Waals surface area contributed by atoms with Crippen LogP contribution in [0.3, 0.4) is 0 Å². The minimum Gasteiger partial charge on any atom is -0.385 e. The first-order chi connectivity index (χ1) is 8.15. The topological polar surface area (TPSA) is 52.0 Å². The SMILES string of the molecule is CCNc1ccnc(CN(C)CC(C)C#N)c1. The molecule has 0 bridgehead atoms. The van der Waals surface area contributed by atoms with Crippen LogP contribution in [0.15, 0.2) is 18.3 Å². The van der Waals surface area contributed by atoms with Crippen LogP contribution in [0, 0.1) is 17.2 Å². The van der Waals surface area contributed by atoms with E-state index in [9.17, 15) is 0 Å². The molecule has 4 nitrogen and oxygen atoms in total. The molecule has 4 heteroatoms. The summed E-state index contributed by atoms with van der Waals surface area (Å²) in [6, 6.07) is 6.25. The molecular weight excluding hydrogens is 212 g/mol. The number of hydrogen-bond donors (Lipinski definition) is 1. The summed E-state index contributed by atoms with van der Waals surface area (Å²) in [5.41, 5.74) is 2.12. The van der Waals surface area contributed by atoms with E-state index in [1.54, 1.807) is 0 Å². The lowest BCUT2D eigenvalue weighted by atomic mass is 10.2. The Hall–Kier alpha value is -1.60. The van der Waals surface area contributed by atoms with Gasteiger partial charge >= 0.3 is 0 Å². The van der Waals surface area contributed by atoms with Crippen molar-refractivity contribution in [1.82, 2.24) is 9.88 Å². The van der Waals surface area contributed by atoms with Crippen LogP contribution in [0.4, 0.5) is 5.69 Å². The zero-order chi connectivity index (χ0) is 12.7. The Morgan fingerprint density at radius 3 is 3.00 bits per heavy atom. The fourth-order valence-electron chi connectivity index (χ4n) is 1.73. The van der Waals surface area contributed by atoms with Crippen molar-refractivity contribution >= 4 is 5.69 Å². The molecule has 1 heterocycles. The number of pyridine rings is 1. The van der Waals surface area contributed by atoms with Crippen molar-refractivity contribution in [3.05, 3.63) is 24.0 Å². The van der Waals surface area contributed by atoms with Crippen molar-refractivity contribution in [1.29, 1.82) is 5.26 Å². The predicted octanol–water partition coefficient (Wildman–Crippen LogP) is 2.10. The standard InChI is InChI=1S/C13H20N4/c1-4-15-12-5-6-16-13(7-12)10-17(3)9-11(2)8-14/h5-7,11H,4,9-10H2,1-3H3,(H,15,16). The zero-order valence-electron chi connectivity index (χ0n) is 10.8. The number of aromatic nitrogens is 1. The smallest absolute Gasteiger partial charge is 0.0666 e. The highest BCUT2D eigenvalue weighted by molar-refractivity contribution is 5.42. The van der Waals surface area contributed by atoms with Crippen molar-refractivity contribution < 1.29 is 0 Å². The second kappa shape index (κ2) is 6.87. The van der Waals surface area contributed by atoms with Crippen molar-refractivity contribution in [3.63, 3.8) is 0 Å². The molecule has 0 fully saturated rings. The molecule has 0 amide bonds. The highest BCUT2D eigenvalue weighted by Gasteiger charge is 2.06. The first kappa shape index (κ1) is 13.5. The second-order valence-electron chi connectivity index (χ2n) is 4.29. The summed E-state index contributed by atoms with van der Waals surface area (Å²) in [7, 11) is 2.01. The Kier molecular flexibility index (Phi) is 5.44. The molecule has 1 unspecified atom stereocenters. The van der Waals surface area contributed by atoms with Gasteiger partial charge in [-0.25, -0.2) is 0 Å². The summed E-state index contributed by atoms with van der Waals surface area (Å²) in [4.78, 5) is 6.45. The molecule has 0 aromatic carbocycles. The Bertz CT molecular complexity index is 383. The molecule has 1 N–H and O–H groups in total. The largest absolute Gasteiger partial charge is 0.385 e. The molecule has 0 aliphatic heterocycles. The lowest BCUT2D eigenvalue weighted by Gasteiger charge is -2.17. The molecule has 0 saturated carbocycles. The number of nitriles is 1. The number of hydrogen-bond acceptors (Lipinski definition) is 4. The van der Waals surface area contributed by atoms with Gasteiger partial charge in [0.2, 0.25) is 0 Å². The van der Waals surface area contributed by atoms with Gasteiger partial charge in [-0.3, -0.25) is 9.88 Å². The molecule has 0 aliphatic carbocycles. The lowest BCUT2D eigenvalue weighted by molar-refractivity contribution is 0.300. The van der Waals surface area contributed by atoms with Gasteiger partial charge in [-0.2, -0.15) is 5.26 Å². The average Bonchev–Trinajstić information content (AvgIpc) is 2.29. The Labute approximate surface area is 103 Å². The van der Waals surface area contributed by atoms with E-state index >= 15 is 0 Å². The van der Waals surface area contributed by atoms with Crippen LogP contribution < -0.4 is 5.32 Å². The van der Waals surface area contributed by atoms with Crippen LogP contribution in [0.1, 0.15) is 19.5 Å². The highest BCUT2D eigenvalue weighted by atomic mass is 15.1. The minimum absolute atomic E-state index is 0.0527. The normalized spacial score (nSPS) is 12.2. The predicted molar refractivity (Wildman–Crippen MR) is 69.5 cm³/mol. The summed E-state index contributed by atoms with van der Waals surface area (Å²) < 4.78 is 0. The Morgan fingerprint density at radius 1 is 1.59 bits per heavy atom. The summed E-state index contributed by atoms with van der Waals surface area (Å²) in [5.74, 6) is 0.0527. The van der Waals surface area contributed by atoms with E-state index in [4.69, 9.17) is 5.26 Å². The monoisotopic (exact) mass is 232 g/mol. The van der Waals surface area contributed by atoms with Crippen molar-refractivity contribution in [2.75, 3.05) is 25.5 Å². The van der Waals surface area contributed by atoms with Crippen LogP contribution in [-0.2, 0) is 6.54 Å². The maximum atomic E-state index is 8.76. The third-order valence-electron chi connectivity index (χ3n) is 2.44. The summed E-state index contributed by atoms with van der Waals surface area (Å²) in [6.45, 7) is 6.44. The third-order valence-corrected chi connectivity index (χ3v) is 2.44. The van der Waals surface area contributed by atoms with E-state index in [-0.39, 0.29) is 5.92 Å². The third kappa shape index (κ3) is 4.83. The van der Waals surface area contributed by atoms with Gasteiger partial charge < -0.3 is 5.32 Å². The molecule has 0 spiro atoms.